The number of hydrogen-bond acceptors (Lipinski definition) is 8. The Balaban J connectivity index is 1.68. The molecule has 0 saturated heterocycles. The number of carbonyl (C=O) groups is 5. The summed E-state index contributed by atoms with van der Waals surface area (Å²) < 4.78 is 10.0. The Labute approximate surface area is 241 Å². The molecule has 218 valence electrons. The summed E-state index contributed by atoms with van der Waals surface area (Å²) >= 11 is 1.46. The molecule has 0 aliphatic carbocycles. The smallest absolute Gasteiger partial charge is 0.407 e. The number of hydrogen-bond donors (Lipinski definition) is 5. The Hall–Kier alpha value is -4.52. The predicted molar refractivity (Wildman–Crippen MR) is 154 cm³/mol. The summed E-state index contributed by atoms with van der Waals surface area (Å²) in [5, 5.41) is 8.49. The van der Waals surface area contributed by atoms with Crippen LogP contribution in [0.15, 0.2) is 60.8 Å². The normalized spacial score (nSPS) is 12.1. The molecule has 41 heavy (non-hydrogen) atoms. The van der Waals surface area contributed by atoms with Crippen LogP contribution in [0.4, 0.5) is 4.79 Å². The van der Waals surface area contributed by atoms with Crippen LogP contribution in [-0.2, 0) is 41.7 Å². The minimum absolute atomic E-state index is 0.0309. The second kappa shape index (κ2) is 15.9. The molecule has 1 heterocycles. The molecule has 6 N–H and O–H groups in total. The topological polar surface area (TPSA) is 182 Å². The van der Waals surface area contributed by atoms with Crippen LogP contribution in [0.1, 0.15) is 17.5 Å². The molecule has 3 rings (SSSR count). The van der Waals surface area contributed by atoms with Gasteiger partial charge >= 0.3 is 12.1 Å². The van der Waals surface area contributed by atoms with E-state index >= 15 is 0 Å². The predicted octanol–water partition coefficient (Wildman–Crippen LogP) is 1.39. The summed E-state index contributed by atoms with van der Waals surface area (Å²) in [6.07, 6.45) is 3.10. The monoisotopic (exact) mass is 583 g/mol. The van der Waals surface area contributed by atoms with Gasteiger partial charge in [0.2, 0.25) is 11.8 Å². The van der Waals surface area contributed by atoms with Crippen LogP contribution in [0, 0.1) is 0 Å². The lowest BCUT2D eigenvalue weighted by Crippen LogP contribution is -2.54. The van der Waals surface area contributed by atoms with Crippen molar-refractivity contribution in [3.05, 3.63) is 71.9 Å². The van der Waals surface area contributed by atoms with Gasteiger partial charge in [-0.15, -0.1) is 0 Å². The number of primary amides is 1. The average Bonchev–Trinajstić information content (AvgIpc) is 3.38. The van der Waals surface area contributed by atoms with Gasteiger partial charge in [0.15, 0.2) is 6.61 Å². The summed E-state index contributed by atoms with van der Waals surface area (Å²) in [7, 11) is 0. The number of nitrogens with one attached hydrogen (secondary N) is 4. The minimum atomic E-state index is -1.11. The molecular formula is C28H33N5O7S. The van der Waals surface area contributed by atoms with E-state index in [1.165, 1.54) is 11.8 Å². The first-order chi connectivity index (χ1) is 19.8. The third kappa shape index (κ3) is 10.2. The zero-order chi connectivity index (χ0) is 29.6. The van der Waals surface area contributed by atoms with Gasteiger partial charge in [0.25, 0.3) is 5.91 Å². The van der Waals surface area contributed by atoms with Crippen molar-refractivity contribution < 1.29 is 33.4 Å². The third-order valence-corrected chi connectivity index (χ3v) is 6.57. The Kier molecular flexibility index (Phi) is 12.0. The molecule has 1 aromatic heterocycles. The van der Waals surface area contributed by atoms with Crippen LogP contribution >= 0.6 is 11.8 Å². The number of H-pyrrole nitrogens is 1. The lowest BCUT2D eigenvalue weighted by molar-refractivity contribution is -0.151. The number of rotatable bonds is 15. The molecule has 0 aliphatic heterocycles. The number of carbonyl (C=O) groups excluding carboxylic acids is 5. The largest absolute Gasteiger partial charge is 0.454 e. The van der Waals surface area contributed by atoms with E-state index in [2.05, 4.69) is 20.9 Å². The summed E-state index contributed by atoms with van der Waals surface area (Å²) in [6.45, 7) is -1.03. The van der Waals surface area contributed by atoms with Gasteiger partial charge in [0, 0.05) is 23.5 Å². The number of esters is 1. The molecular weight excluding hydrogens is 550 g/mol. The molecule has 3 aromatic rings. The van der Waals surface area contributed by atoms with Gasteiger partial charge in [-0.3, -0.25) is 14.4 Å². The summed E-state index contributed by atoms with van der Waals surface area (Å²) in [5.74, 6) is -2.40. The minimum Gasteiger partial charge on any atom is -0.454 e. The fourth-order valence-corrected chi connectivity index (χ4v) is 4.37. The highest BCUT2D eigenvalue weighted by Crippen LogP contribution is 2.19. The molecule has 0 fully saturated rings. The number of thioether (sulfide) groups is 1. The summed E-state index contributed by atoms with van der Waals surface area (Å²) in [4.78, 5) is 65.0. The van der Waals surface area contributed by atoms with Crippen molar-refractivity contribution >= 4 is 52.4 Å². The van der Waals surface area contributed by atoms with Crippen LogP contribution in [0.25, 0.3) is 10.9 Å². The second-order valence-corrected chi connectivity index (χ2v) is 10.0. The van der Waals surface area contributed by atoms with Crippen LogP contribution in [0.2, 0.25) is 0 Å². The van der Waals surface area contributed by atoms with Crippen molar-refractivity contribution in [2.45, 2.75) is 31.5 Å². The first kappa shape index (κ1) is 31.0. The van der Waals surface area contributed by atoms with Gasteiger partial charge in [-0.25, -0.2) is 9.59 Å². The van der Waals surface area contributed by atoms with Crippen LogP contribution < -0.4 is 21.7 Å². The molecule has 0 unspecified atom stereocenters. The maximum Gasteiger partial charge on any atom is 0.407 e. The summed E-state index contributed by atoms with van der Waals surface area (Å²) in [5.41, 5.74) is 7.46. The molecule has 2 atom stereocenters. The van der Waals surface area contributed by atoms with E-state index in [4.69, 9.17) is 15.2 Å². The Morgan fingerprint density at radius 3 is 2.41 bits per heavy atom. The fourth-order valence-electron chi connectivity index (χ4n) is 3.90. The van der Waals surface area contributed by atoms with E-state index in [1.54, 1.807) is 18.3 Å². The lowest BCUT2D eigenvalue weighted by atomic mass is 10.0. The van der Waals surface area contributed by atoms with Gasteiger partial charge < -0.3 is 36.1 Å². The number of nitrogens with two attached hydrogens (primary N) is 1. The second-order valence-electron chi connectivity index (χ2n) is 9.02. The van der Waals surface area contributed by atoms with Gasteiger partial charge in [-0.05, 0) is 35.6 Å². The lowest BCUT2D eigenvalue weighted by Gasteiger charge is -2.22. The van der Waals surface area contributed by atoms with Crippen molar-refractivity contribution in [1.29, 1.82) is 0 Å². The highest BCUT2D eigenvalue weighted by Gasteiger charge is 2.28. The van der Waals surface area contributed by atoms with Crippen LogP contribution in [-0.4, -0.2) is 72.0 Å². The Bertz CT molecular complexity index is 1350. The van der Waals surface area contributed by atoms with E-state index in [-0.39, 0.29) is 19.4 Å². The number of benzene rings is 2. The number of aromatic nitrogens is 1. The number of alkyl carbamates (subject to hydrolysis) is 1. The quantitative estimate of drug-likeness (QED) is 0.166. The van der Waals surface area contributed by atoms with Crippen LogP contribution in [0.3, 0.4) is 0 Å². The van der Waals surface area contributed by atoms with E-state index in [1.807, 2.05) is 48.7 Å². The van der Waals surface area contributed by atoms with Gasteiger partial charge in [0.05, 0.1) is 0 Å². The van der Waals surface area contributed by atoms with Gasteiger partial charge in [0.1, 0.15) is 25.2 Å². The highest BCUT2D eigenvalue weighted by molar-refractivity contribution is 7.98. The first-order valence-electron chi connectivity index (χ1n) is 12.8. The van der Waals surface area contributed by atoms with E-state index < -0.39 is 55.0 Å². The maximum absolute atomic E-state index is 13.4. The van der Waals surface area contributed by atoms with Crippen molar-refractivity contribution in [2.75, 3.05) is 25.2 Å². The molecule has 0 radical (unpaired) electrons. The van der Waals surface area contributed by atoms with Crippen molar-refractivity contribution in [3.63, 3.8) is 0 Å². The molecule has 0 saturated carbocycles. The fraction of sp³-hybridized carbons (Fsp3) is 0.321. The molecule has 12 nitrogen and oxygen atoms in total. The number of para-hydroxylation sites is 1. The molecule has 0 bridgehead atoms. The number of ether oxygens (including phenoxy) is 2. The van der Waals surface area contributed by atoms with E-state index in [0.29, 0.717) is 5.75 Å². The van der Waals surface area contributed by atoms with E-state index in [9.17, 15) is 24.0 Å². The zero-order valence-electron chi connectivity index (χ0n) is 22.5. The third-order valence-electron chi connectivity index (χ3n) is 5.93. The molecule has 4 amide bonds. The highest BCUT2D eigenvalue weighted by atomic mass is 32.2. The Morgan fingerprint density at radius 2 is 1.68 bits per heavy atom. The standard InChI is InChI=1S/C28H33N5O7S/c1-41-12-11-22(27(37)39-17-24(29)34)33-26(36)23(13-19-14-30-21-10-6-5-9-20(19)21)32-25(35)15-31-28(38)40-16-18-7-3-2-4-8-18/h2-10,14,22-23,30H,11-13,15-17H2,1H3,(H2,29,34)(H,31,38)(H,32,35)(H,33,36)/t22-,23-/m0/s1. The maximum atomic E-state index is 13.4. The summed E-state index contributed by atoms with van der Waals surface area (Å²) in [6, 6.07) is 14.4. The van der Waals surface area contributed by atoms with Crippen molar-refractivity contribution in [2.24, 2.45) is 5.73 Å². The number of amides is 4. The SMILES string of the molecule is CSCC[C@H](NC(=O)[C@H](Cc1c[nH]c2ccccc12)NC(=O)CNC(=O)OCc1ccccc1)C(=O)OCC(N)=O. The number of fused-ring (bicyclic) bond motifs is 1. The molecule has 0 aliphatic rings. The Morgan fingerprint density at radius 1 is 0.951 bits per heavy atom. The molecule has 0 spiro atoms. The molecule has 2 aromatic carbocycles. The number of aromatic amines is 1. The van der Waals surface area contributed by atoms with E-state index in [0.717, 1.165) is 22.0 Å². The van der Waals surface area contributed by atoms with Crippen LogP contribution in [0.5, 0.6) is 0 Å². The average molecular weight is 584 g/mol. The zero-order valence-corrected chi connectivity index (χ0v) is 23.3. The first-order valence-corrected chi connectivity index (χ1v) is 14.2. The molecule has 13 heteroatoms. The van der Waals surface area contributed by atoms with Crippen molar-refractivity contribution in [1.82, 2.24) is 20.9 Å². The van der Waals surface area contributed by atoms with Crippen molar-refractivity contribution in [3.8, 4) is 0 Å². The van der Waals surface area contributed by atoms with Gasteiger partial charge in [-0.1, -0.05) is 48.5 Å². The van der Waals surface area contributed by atoms with Gasteiger partial charge in [-0.2, -0.15) is 11.8 Å².